The summed E-state index contributed by atoms with van der Waals surface area (Å²) in [7, 11) is -7.14. The van der Waals surface area contributed by atoms with Crippen LogP contribution in [-0.4, -0.2) is 43.7 Å². The van der Waals surface area contributed by atoms with Gasteiger partial charge in [0.25, 0.3) is 5.91 Å². The molecule has 0 heterocycles. The van der Waals surface area contributed by atoms with Gasteiger partial charge in [0.2, 0.25) is 22.6 Å². The van der Waals surface area contributed by atoms with Gasteiger partial charge in [-0.3, -0.25) is 4.79 Å². The molecule has 0 aliphatic carbocycles. The predicted molar refractivity (Wildman–Crippen MR) is 158 cm³/mol. The zero-order valence-electron chi connectivity index (χ0n) is 18.1. The lowest BCUT2D eigenvalue weighted by Gasteiger charge is -2.19. The van der Waals surface area contributed by atoms with Crippen molar-refractivity contribution in [3.8, 4) is 0 Å². The van der Waals surface area contributed by atoms with Crippen molar-refractivity contribution in [2.75, 3.05) is 13.1 Å². The number of aryl methyl sites for hydroxylation is 1. The highest BCUT2D eigenvalue weighted by Crippen LogP contribution is 2.44. The van der Waals surface area contributed by atoms with Crippen molar-refractivity contribution in [2.45, 2.75) is 33.5 Å². The molecule has 6 nitrogen and oxygen atoms in total. The summed E-state index contributed by atoms with van der Waals surface area (Å²) in [5.74, 6) is -0.184. The Morgan fingerprint density at radius 1 is 0.765 bits per heavy atom. The normalized spacial score (nSPS) is 12.5. The molecule has 0 saturated heterocycles. The Morgan fingerprint density at radius 2 is 1.18 bits per heavy atom. The highest BCUT2D eigenvalue weighted by Gasteiger charge is 2.38. The van der Waals surface area contributed by atoms with E-state index in [1.54, 1.807) is 35.2 Å². The first-order valence-electron chi connectivity index (χ1n) is 9.48. The third-order valence-electron chi connectivity index (χ3n) is 4.35. The molecule has 0 fully saturated rings. The van der Waals surface area contributed by atoms with Crippen LogP contribution in [0.1, 0.15) is 29.8 Å². The van der Waals surface area contributed by atoms with Crippen LogP contribution in [0.4, 0.5) is 0 Å². The van der Waals surface area contributed by atoms with E-state index in [0.29, 0.717) is 18.7 Å². The molecule has 0 saturated carbocycles. The van der Waals surface area contributed by atoms with Crippen molar-refractivity contribution in [1.29, 1.82) is 0 Å². The molecule has 0 aliphatic rings. The quantitative estimate of drug-likeness (QED) is 0.294. The largest absolute Gasteiger partial charge is 0.339 e. The van der Waals surface area contributed by atoms with E-state index in [0.717, 1.165) is 5.56 Å². The number of halogens is 6. The maximum atomic E-state index is 12.3. The van der Waals surface area contributed by atoms with E-state index in [-0.39, 0.29) is 15.7 Å². The number of hydrogen-bond donors (Lipinski definition) is 0. The van der Waals surface area contributed by atoms with E-state index in [2.05, 4.69) is 95.6 Å². The molecule has 0 bridgehead atoms. The number of rotatable bonds is 5. The molecule has 0 radical (unpaired) electrons. The SMILES string of the molecule is CCN(CC)C(=O)c1cccc(S(=O)(=O)C(Br)(Br)Br)c1.Cc1cccc(S(=O)(=O)C(Br)(Br)Br)c1. The average molecular weight is 899 g/mol. The molecule has 190 valence electrons. The van der Waals surface area contributed by atoms with E-state index in [4.69, 9.17) is 0 Å². The van der Waals surface area contributed by atoms with Crippen LogP contribution in [0.2, 0.25) is 0 Å². The van der Waals surface area contributed by atoms with Crippen LogP contribution in [0.25, 0.3) is 0 Å². The highest BCUT2D eigenvalue weighted by atomic mass is 80.0. The Kier molecular flexibility index (Phi) is 12.5. The smallest absolute Gasteiger partial charge is 0.253 e. The lowest BCUT2D eigenvalue weighted by molar-refractivity contribution is 0.0772. The fourth-order valence-corrected chi connectivity index (χ4v) is 7.58. The van der Waals surface area contributed by atoms with Crippen LogP contribution in [0.3, 0.4) is 0 Å². The van der Waals surface area contributed by atoms with Crippen molar-refractivity contribution in [3.05, 3.63) is 59.7 Å². The van der Waals surface area contributed by atoms with Crippen molar-refractivity contribution >= 4 is 121 Å². The van der Waals surface area contributed by atoms with Gasteiger partial charge < -0.3 is 4.90 Å². The summed E-state index contributed by atoms with van der Waals surface area (Å²) < 4.78 is 45.5. The summed E-state index contributed by atoms with van der Waals surface area (Å²) in [6.07, 6.45) is 0. The molecular formula is C20H21Br6NO5S2. The summed E-state index contributed by atoms with van der Waals surface area (Å²) in [4.78, 5) is 14.2. The van der Waals surface area contributed by atoms with Crippen LogP contribution >= 0.6 is 95.6 Å². The fraction of sp³-hybridized carbons (Fsp3) is 0.350. The van der Waals surface area contributed by atoms with E-state index in [1.807, 2.05) is 26.8 Å². The highest BCUT2D eigenvalue weighted by molar-refractivity contribution is 9.42. The van der Waals surface area contributed by atoms with Gasteiger partial charge in [0.15, 0.2) is 0 Å². The summed E-state index contributed by atoms with van der Waals surface area (Å²) in [6.45, 7) is 6.75. The van der Waals surface area contributed by atoms with Crippen LogP contribution in [-0.2, 0) is 19.7 Å². The molecule has 1 amide bonds. The lowest BCUT2D eigenvalue weighted by Crippen LogP contribution is -2.30. The van der Waals surface area contributed by atoms with Crippen LogP contribution in [0, 0.1) is 6.92 Å². The first-order valence-corrected chi connectivity index (χ1v) is 17.2. The van der Waals surface area contributed by atoms with Gasteiger partial charge in [-0.1, -0.05) is 18.2 Å². The molecule has 0 atom stereocenters. The lowest BCUT2D eigenvalue weighted by atomic mass is 10.2. The summed E-state index contributed by atoms with van der Waals surface area (Å²) in [5.41, 5.74) is 1.26. The van der Waals surface area contributed by atoms with Gasteiger partial charge in [-0.2, -0.15) is 0 Å². The van der Waals surface area contributed by atoms with Gasteiger partial charge in [0.05, 0.1) is 9.79 Å². The van der Waals surface area contributed by atoms with Crippen molar-refractivity contribution in [1.82, 2.24) is 4.90 Å². The molecule has 2 rings (SSSR count). The Morgan fingerprint density at radius 3 is 1.56 bits per heavy atom. The number of alkyl halides is 6. The number of carbonyl (C=O) groups is 1. The first kappa shape index (κ1) is 32.7. The van der Waals surface area contributed by atoms with Crippen LogP contribution in [0.5, 0.6) is 0 Å². The molecule has 2 aromatic carbocycles. The predicted octanol–water partition coefficient (Wildman–Crippen LogP) is 7.30. The molecule has 0 aromatic heterocycles. The molecule has 34 heavy (non-hydrogen) atoms. The Balaban J connectivity index is 0.000000362. The number of hydrogen-bond acceptors (Lipinski definition) is 5. The van der Waals surface area contributed by atoms with E-state index >= 15 is 0 Å². The molecule has 0 spiro atoms. The molecule has 0 unspecified atom stereocenters. The second-order valence-electron chi connectivity index (χ2n) is 6.72. The molecular weight excluding hydrogens is 878 g/mol. The third-order valence-corrected chi connectivity index (χ3v) is 15.0. The average Bonchev–Trinajstić information content (AvgIpc) is 2.73. The minimum atomic E-state index is -3.69. The van der Waals surface area contributed by atoms with Crippen LogP contribution < -0.4 is 0 Å². The van der Waals surface area contributed by atoms with Gasteiger partial charge in [-0.15, -0.1) is 0 Å². The van der Waals surface area contributed by atoms with Crippen molar-refractivity contribution < 1.29 is 21.6 Å². The Hall–Kier alpha value is 0.690. The number of amides is 1. The molecule has 0 N–H and O–H groups in total. The monoisotopic (exact) mass is 893 g/mol. The van der Waals surface area contributed by atoms with Gasteiger partial charge in [0.1, 0.15) is 0 Å². The van der Waals surface area contributed by atoms with E-state index in [9.17, 15) is 21.6 Å². The van der Waals surface area contributed by atoms with Crippen molar-refractivity contribution in [3.63, 3.8) is 0 Å². The number of sulfone groups is 2. The van der Waals surface area contributed by atoms with Gasteiger partial charge in [-0.25, -0.2) is 16.8 Å². The second kappa shape index (κ2) is 13.0. The zero-order chi connectivity index (χ0) is 26.5. The number of nitrogens with zero attached hydrogens (tertiary/aromatic N) is 1. The standard InChI is InChI=1S/C12H14Br3NO3S.C8H7Br3O2S/c1-3-16(4-2)11(17)9-6-5-7-10(8-9)20(18,19)12(13,14)15;1-6-3-2-4-7(5-6)14(12,13)8(9,10)11/h5-8H,3-4H2,1-2H3;2-5H,1H3. The van der Waals surface area contributed by atoms with Gasteiger partial charge in [0, 0.05) is 18.7 Å². The minimum absolute atomic E-state index is 0.0566. The number of benzene rings is 2. The molecule has 0 aliphatic heterocycles. The van der Waals surface area contributed by atoms with E-state index < -0.39 is 22.6 Å². The zero-order valence-corrected chi connectivity index (χ0v) is 29.3. The van der Waals surface area contributed by atoms with Crippen molar-refractivity contribution in [2.24, 2.45) is 0 Å². The van der Waals surface area contributed by atoms with Gasteiger partial charge >= 0.3 is 0 Å². The Labute approximate surface area is 251 Å². The minimum Gasteiger partial charge on any atom is -0.339 e. The number of carbonyl (C=O) groups excluding carboxylic acids is 1. The first-order chi connectivity index (χ1) is 15.4. The Bertz CT molecular complexity index is 1220. The molecule has 14 heteroatoms. The fourth-order valence-electron chi connectivity index (χ4n) is 2.54. The third kappa shape index (κ3) is 8.35. The summed E-state index contributed by atoms with van der Waals surface area (Å²) in [6, 6.07) is 12.7. The summed E-state index contributed by atoms with van der Waals surface area (Å²) in [5, 5.41) is 0. The van der Waals surface area contributed by atoms with Gasteiger partial charge in [-0.05, 0) is 152 Å². The topological polar surface area (TPSA) is 88.6 Å². The van der Waals surface area contributed by atoms with E-state index in [1.165, 1.54) is 12.1 Å². The van der Waals surface area contributed by atoms with Crippen LogP contribution in [0.15, 0.2) is 58.3 Å². The molecule has 2 aromatic rings. The maximum absolute atomic E-state index is 12.3. The second-order valence-corrected chi connectivity index (χ2v) is 27.6. The maximum Gasteiger partial charge on any atom is 0.253 e. The summed E-state index contributed by atoms with van der Waals surface area (Å²) >= 11 is 18.0.